The Morgan fingerprint density at radius 3 is 2.17 bits per heavy atom. The number of methoxy groups -OCH3 is 1. The van der Waals surface area contributed by atoms with E-state index in [1.54, 1.807) is 7.11 Å². The second-order valence-electron chi connectivity index (χ2n) is 7.42. The first kappa shape index (κ1) is 22.7. The predicted molar refractivity (Wildman–Crippen MR) is 107 cm³/mol. The van der Waals surface area contributed by atoms with E-state index in [-0.39, 0.29) is 6.10 Å². The molecule has 138 valence electrons. The number of rotatable bonds is 8. The van der Waals surface area contributed by atoms with Crippen molar-refractivity contribution >= 4 is 6.08 Å². The van der Waals surface area contributed by atoms with Gasteiger partial charge in [-0.1, -0.05) is 59.3 Å². The SMILES string of the molecule is CC(C)C.COc1ccc(C(C)C)cc1/C=C/CCCC[C@@H](C)O. The van der Waals surface area contributed by atoms with Gasteiger partial charge < -0.3 is 9.84 Å². The topological polar surface area (TPSA) is 29.5 Å². The Morgan fingerprint density at radius 2 is 1.67 bits per heavy atom. The van der Waals surface area contributed by atoms with Gasteiger partial charge in [0.25, 0.3) is 0 Å². The molecule has 0 saturated carbocycles. The summed E-state index contributed by atoms with van der Waals surface area (Å²) in [5.74, 6) is 2.29. The van der Waals surface area contributed by atoms with Crippen LogP contribution in [0.3, 0.4) is 0 Å². The summed E-state index contributed by atoms with van der Waals surface area (Å²) in [6.45, 7) is 12.7. The Morgan fingerprint density at radius 1 is 1.04 bits per heavy atom. The Hall–Kier alpha value is -1.28. The molecule has 1 aromatic rings. The lowest BCUT2D eigenvalue weighted by Gasteiger charge is -2.10. The molecule has 24 heavy (non-hydrogen) atoms. The zero-order chi connectivity index (χ0) is 18.5. The normalized spacial score (nSPS) is 12.4. The van der Waals surface area contributed by atoms with Crippen LogP contribution in [0.15, 0.2) is 24.3 Å². The first-order chi connectivity index (χ1) is 11.3. The first-order valence-electron chi connectivity index (χ1n) is 9.30. The molecule has 0 fully saturated rings. The fraction of sp³-hybridized carbons (Fsp3) is 0.636. The number of hydrogen-bond donors (Lipinski definition) is 1. The third kappa shape index (κ3) is 11.3. The highest BCUT2D eigenvalue weighted by Crippen LogP contribution is 2.25. The Balaban J connectivity index is 0.00000118. The zero-order valence-electron chi connectivity index (χ0n) is 16.8. The highest BCUT2D eigenvalue weighted by atomic mass is 16.5. The van der Waals surface area contributed by atoms with Gasteiger partial charge in [0.05, 0.1) is 13.2 Å². The van der Waals surface area contributed by atoms with E-state index in [9.17, 15) is 5.11 Å². The number of hydrogen-bond acceptors (Lipinski definition) is 2. The van der Waals surface area contributed by atoms with Gasteiger partial charge in [-0.2, -0.15) is 0 Å². The average Bonchev–Trinajstić information content (AvgIpc) is 2.49. The van der Waals surface area contributed by atoms with Crippen molar-refractivity contribution in [3.05, 3.63) is 35.4 Å². The molecule has 0 aliphatic rings. The van der Waals surface area contributed by atoms with Crippen molar-refractivity contribution < 1.29 is 9.84 Å². The molecule has 0 radical (unpaired) electrons. The molecule has 1 aromatic carbocycles. The minimum atomic E-state index is -0.179. The highest BCUT2D eigenvalue weighted by molar-refractivity contribution is 5.58. The minimum Gasteiger partial charge on any atom is -0.496 e. The molecule has 0 aliphatic heterocycles. The third-order valence-electron chi connectivity index (χ3n) is 3.46. The summed E-state index contributed by atoms with van der Waals surface area (Å²) in [5, 5.41) is 9.20. The van der Waals surface area contributed by atoms with Crippen molar-refractivity contribution in [3.8, 4) is 5.75 Å². The maximum atomic E-state index is 9.20. The molecule has 1 atom stereocenters. The van der Waals surface area contributed by atoms with E-state index >= 15 is 0 Å². The number of ether oxygens (including phenoxy) is 1. The maximum absolute atomic E-state index is 9.20. The molecule has 1 N–H and O–H groups in total. The van der Waals surface area contributed by atoms with Crippen LogP contribution in [0.5, 0.6) is 5.75 Å². The molecule has 0 saturated heterocycles. The van der Waals surface area contributed by atoms with Crippen molar-refractivity contribution in [3.63, 3.8) is 0 Å². The second-order valence-corrected chi connectivity index (χ2v) is 7.42. The van der Waals surface area contributed by atoms with E-state index in [4.69, 9.17) is 4.74 Å². The van der Waals surface area contributed by atoms with Gasteiger partial charge in [0, 0.05) is 5.56 Å². The average molecular weight is 335 g/mol. The second kappa shape index (κ2) is 13.1. The maximum Gasteiger partial charge on any atom is 0.126 e. The zero-order valence-corrected chi connectivity index (χ0v) is 16.8. The summed E-state index contributed by atoms with van der Waals surface area (Å²) in [6, 6.07) is 6.38. The largest absolute Gasteiger partial charge is 0.496 e. The van der Waals surface area contributed by atoms with Gasteiger partial charge in [-0.05, 0) is 55.7 Å². The van der Waals surface area contributed by atoms with E-state index in [0.717, 1.165) is 42.9 Å². The first-order valence-corrected chi connectivity index (χ1v) is 9.30. The highest BCUT2D eigenvalue weighted by Gasteiger charge is 2.04. The molecule has 0 amide bonds. The van der Waals surface area contributed by atoms with Crippen LogP contribution in [0.4, 0.5) is 0 Å². The minimum absolute atomic E-state index is 0.179. The van der Waals surface area contributed by atoms with Gasteiger partial charge in [0.2, 0.25) is 0 Å². The number of aliphatic hydroxyl groups excluding tert-OH is 1. The number of benzene rings is 1. The van der Waals surface area contributed by atoms with Crippen LogP contribution in [-0.4, -0.2) is 18.3 Å². The van der Waals surface area contributed by atoms with Crippen molar-refractivity contribution in [2.75, 3.05) is 7.11 Å². The third-order valence-corrected chi connectivity index (χ3v) is 3.46. The Kier molecular flexibility index (Phi) is 12.4. The Bertz CT molecular complexity index is 456. The molecule has 0 bridgehead atoms. The predicted octanol–water partition coefficient (Wildman–Crippen LogP) is 6.44. The van der Waals surface area contributed by atoms with Gasteiger partial charge >= 0.3 is 0 Å². The van der Waals surface area contributed by atoms with Crippen molar-refractivity contribution in [2.24, 2.45) is 5.92 Å². The van der Waals surface area contributed by atoms with E-state index < -0.39 is 0 Å². The quantitative estimate of drug-likeness (QED) is 0.555. The smallest absolute Gasteiger partial charge is 0.126 e. The van der Waals surface area contributed by atoms with E-state index in [1.807, 2.05) is 13.0 Å². The summed E-state index contributed by atoms with van der Waals surface area (Å²) in [5.41, 5.74) is 2.48. The van der Waals surface area contributed by atoms with Gasteiger partial charge in [0.15, 0.2) is 0 Å². The summed E-state index contributed by atoms with van der Waals surface area (Å²) >= 11 is 0. The van der Waals surface area contributed by atoms with Crippen LogP contribution in [-0.2, 0) is 0 Å². The fourth-order valence-electron chi connectivity index (χ4n) is 2.15. The molecule has 0 heterocycles. The summed E-state index contributed by atoms with van der Waals surface area (Å²) in [4.78, 5) is 0. The molecular formula is C22H38O2. The molecule has 2 heteroatoms. The van der Waals surface area contributed by atoms with Gasteiger partial charge in [-0.15, -0.1) is 0 Å². The van der Waals surface area contributed by atoms with Crippen molar-refractivity contribution in [1.29, 1.82) is 0 Å². The number of aliphatic hydroxyl groups is 1. The van der Waals surface area contributed by atoms with E-state index in [2.05, 4.69) is 58.9 Å². The lowest BCUT2D eigenvalue weighted by atomic mass is 10.00. The van der Waals surface area contributed by atoms with Gasteiger partial charge in [-0.3, -0.25) is 0 Å². The molecule has 0 unspecified atom stereocenters. The molecule has 0 spiro atoms. The van der Waals surface area contributed by atoms with Gasteiger partial charge in [0.1, 0.15) is 5.75 Å². The molecular weight excluding hydrogens is 296 g/mol. The molecule has 0 aliphatic carbocycles. The summed E-state index contributed by atoms with van der Waals surface area (Å²) in [7, 11) is 1.71. The molecule has 1 rings (SSSR count). The fourth-order valence-corrected chi connectivity index (χ4v) is 2.15. The van der Waals surface area contributed by atoms with Crippen LogP contribution >= 0.6 is 0 Å². The van der Waals surface area contributed by atoms with Crippen LogP contribution in [0.2, 0.25) is 0 Å². The van der Waals surface area contributed by atoms with E-state index in [0.29, 0.717) is 5.92 Å². The van der Waals surface area contributed by atoms with Crippen LogP contribution in [0.1, 0.15) is 84.3 Å². The lowest BCUT2D eigenvalue weighted by Crippen LogP contribution is -1.97. The summed E-state index contributed by atoms with van der Waals surface area (Å²) < 4.78 is 5.41. The molecule has 2 nitrogen and oxygen atoms in total. The van der Waals surface area contributed by atoms with Gasteiger partial charge in [-0.25, -0.2) is 0 Å². The van der Waals surface area contributed by atoms with Crippen LogP contribution in [0, 0.1) is 5.92 Å². The van der Waals surface area contributed by atoms with E-state index in [1.165, 1.54) is 5.56 Å². The number of unbranched alkanes of at least 4 members (excludes halogenated alkanes) is 2. The number of allylic oxidation sites excluding steroid dienone is 1. The van der Waals surface area contributed by atoms with Crippen LogP contribution in [0.25, 0.3) is 6.08 Å². The van der Waals surface area contributed by atoms with Crippen molar-refractivity contribution in [1.82, 2.24) is 0 Å². The monoisotopic (exact) mass is 334 g/mol. The molecule has 0 aromatic heterocycles. The Labute approximate surface area is 149 Å². The lowest BCUT2D eigenvalue weighted by molar-refractivity contribution is 0.181. The standard InChI is InChI=1S/C18H28O2.C4H10/c1-14(2)16-11-12-18(20-4)17(13-16)10-8-6-5-7-9-15(3)19;1-4(2)3/h8,10-15,19H,5-7,9H2,1-4H3;4H,1-3H3/b10-8+;/t15-;/m1./s1. The summed E-state index contributed by atoms with van der Waals surface area (Å²) in [6.07, 6.45) is 8.29. The van der Waals surface area contributed by atoms with Crippen molar-refractivity contribution in [2.45, 2.75) is 79.2 Å². The van der Waals surface area contributed by atoms with Crippen LogP contribution < -0.4 is 4.74 Å².